The highest BCUT2D eigenvalue weighted by atomic mass is 16.2. The molecule has 4 amide bonds. The second-order valence-electron chi connectivity index (χ2n) is 5.51. The van der Waals surface area contributed by atoms with Gasteiger partial charge in [-0.2, -0.15) is 0 Å². The minimum Gasteiger partial charge on any atom is -0.338 e. The van der Waals surface area contributed by atoms with Gasteiger partial charge in [0.2, 0.25) is 0 Å². The molecule has 3 rings (SSSR count). The van der Waals surface area contributed by atoms with Crippen LogP contribution in [0.1, 0.15) is 32.7 Å². The van der Waals surface area contributed by atoms with E-state index in [1.165, 1.54) is 17.7 Å². The van der Waals surface area contributed by atoms with Crippen molar-refractivity contribution in [2.75, 3.05) is 11.9 Å². The van der Waals surface area contributed by atoms with Gasteiger partial charge in [0.05, 0.1) is 11.1 Å². The van der Waals surface area contributed by atoms with Gasteiger partial charge >= 0.3 is 6.03 Å². The molecule has 1 aliphatic heterocycles. The summed E-state index contributed by atoms with van der Waals surface area (Å²) in [6, 6.07) is 14.3. The molecule has 0 unspecified atom stereocenters. The minimum atomic E-state index is -0.443. The Kier molecular flexibility index (Phi) is 4.56. The Morgan fingerprint density at radius 2 is 1.71 bits per heavy atom. The van der Waals surface area contributed by atoms with Crippen molar-refractivity contribution in [2.45, 2.75) is 12.8 Å². The number of amides is 4. The summed E-state index contributed by atoms with van der Waals surface area (Å²) >= 11 is 0. The molecule has 0 radical (unpaired) electrons. The first-order valence-corrected chi connectivity index (χ1v) is 7.72. The van der Waals surface area contributed by atoms with Crippen LogP contribution in [0.25, 0.3) is 0 Å². The highest BCUT2D eigenvalue weighted by Crippen LogP contribution is 2.20. The Hall–Kier alpha value is -3.15. The number of hydrogen-bond acceptors (Lipinski definition) is 3. The fourth-order valence-electron chi connectivity index (χ4n) is 2.56. The van der Waals surface area contributed by atoms with Gasteiger partial charge in [-0.25, -0.2) is 4.79 Å². The Morgan fingerprint density at radius 3 is 2.50 bits per heavy atom. The van der Waals surface area contributed by atoms with E-state index in [0.29, 0.717) is 17.8 Å². The molecule has 6 heteroatoms. The number of aryl methyl sites for hydroxylation is 1. The summed E-state index contributed by atoms with van der Waals surface area (Å²) in [4.78, 5) is 34.9. The maximum atomic E-state index is 11.9. The van der Waals surface area contributed by atoms with Crippen LogP contribution < -0.4 is 16.0 Å². The standard InChI is InChI=1S/C18H17N3O3/c22-16-14-9-8-13(11-15(14)17(23)21-16)20-18(24)19-10-4-7-12-5-2-1-3-6-12/h1-3,5-6,8-9,11H,4,7,10H2,(H2,19,20,24)(H,21,22,23). The molecule has 0 fully saturated rings. The fourth-order valence-corrected chi connectivity index (χ4v) is 2.56. The van der Waals surface area contributed by atoms with E-state index in [-0.39, 0.29) is 11.6 Å². The minimum absolute atomic E-state index is 0.280. The van der Waals surface area contributed by atoms with Crippen molar-refractivity contribution in [2.24, 2.45) is 0 Å². The summed E-state index contributed by atoms with van der Waals surface area (Å²) in [5.74, 6) is -0.853. The van der Waals surface area contributed by atoms with Gasteiger partial charge in [0.1, 0.15) is 0 Å². The average molecular weight is 323 g/mol. The third kappa shape index (κ3) is 3.60. The fraction of sp³-hybridized carbons (Fsp3) is 0.167. The number of imide groups is 1. The van der Waals surface area contributed by atoms with Crippen LogP contribution in [0.5, 0.6) is 0 Å². The molecule has 0 aromatic heterocycles. The van der Waals surface area contributed by atoms with Gasteiger partial charge in [-0.05, 0) is 36.6 Å². The number of rotatable bonds is 5. The zero-order chi connectivity index (χ0) is 16.9. The number of hydrogen-bond donors (Lipinski definition) is 3. The van der Waals surface area contributed by atoms with E-state index >= 15 is 0 Å². The second kappa shape index (κ2) is 6.95. The van der Waals surface area contributed by atoms with Gasteiger partial charge in [-0.15, -0.1) is 0 Å². The number of anilines is 1. The molecule has 0 bridgehead atoms. The van der Waals surface area contributed by atoms with Crippen molar-refractivity contribution in [1.82, 2.24) is 10.6 Å². The molecule has 3 N–H and O–H groups in total. The molecule has 0 saturated heterocycles. The molecule has 1 heterocycles. The second-order valence-corrected chi connectivity index (χ2v) is 5.51. The van der Waals surface area contributed by atoms with E-state index in [1.54, 1.807) is 6.07 Å². The number of benzene rings is 2. The predicted molar refractivity (Wildman–Crippen MR) is 90.0 cm³/mol. The summed E-state index contributed by atoms with van der Waals surface area (Å²) in [5, 5.41) is 7.65. The van der Waals surface area contributed by atoms with E-state index in [2.05, 4.69) is 28.1 Å². The lowest BCUT2D eigenvalue weighted by atomic mass is 10.1. The van der Waals surface area contributed by atoms with E-state index in [0.717, 1.165) is 12.8 Å². The van der Waals surface area contributed by atoms with Crippen molar-refractivity contribution in [3.63, 3.8) is 0 Å². The first-order valence-electron chi connectivity index (χ1n) is 7.72. The van der Waals surface area contributed by atoms with Crippen LogP contribution in [0.15, 0.2) is 48.5 Å². The van der Waals surface area contributed by atoms with Gasteiger partial charge in [-0.1, -0.05) is 30.3 Å². The first kappa shape index (κ1) is 15.7. The third-order valence-electron chi connectivity index (χ3n) is 3.76. The van der Waals surface area contributed by atoms with Crippen molar-refractivity contribution in [1.29, 1.82) is 0 Å². The van der Waals surface area contributed by atoms with Gasteiger partial charge in [0.25, 0.3) is 11.8 Å². The Labute approximate surface area is 139 Å². The first-order chi connectivity index (χ1) is 11.6. The number of carbonyl (C=O) groups is 3. The lowest BCUT2D eigenvalue weighted by molar-refractivity contribution is 0.0879. The van der Waals surface area contributed by atoms with Crippen molar-refractivity contribution < 1.29 is 14.4 Å². The SMILES string of the molecule is O=C(NCCCc1ccccc1)Nc1ccc2c(c1)C(=O)NC2=O. The van der Waals surface area contributed by atoms with Crippen molar-refractivity contribution in [3.05, 3.63) is 65.2 Å². The van der Waals surface area contributed by atoms with Gasteiger partial charge in [0.15, 0.2) is 0 Å². The lowest BCUT2D eigenvalue weighted by Gasteiger charge is -2.08. The quantitative estimate of drug-likeness (QED) is 0.583. The number of carbonyl (C=O) groups excluding carboxylic acids is 3. The summed E-state index contributed by atoms with van der Waals surface area (Å²) < 4.78 is 0. The summed E-state index contributed by atoms with van der Waals surface area (Å²) in [6.07, 6.45) is 1.72. The monoisotopic (exact) mass is 323 g/mol. The molecule has 24 heavy (non-hydrogen) atoms. The van der Waals surface area contributed by atoms with Crippen LogP contribution in [0.4, 0.5) is 10.5 Å². The molecule has 0 aliphatic carbocycles. The predicted octanol–water partition coefficient (Wildman–Crippen LogP) is 2.32. The summed E-state index contributed by atoms with van der Waals surface area (Å²) in [7, 11) is 0. The molecule has 0 spiro atoms. The lowest BCUT2D eigenvalue weighted by Crippen LogP contribution is -2.29. The van der Waals surface area contributed by atoms with E-state index in [1.807, 2.05) is 18.2 Å². The van der Waals surface area contributed by atoms with Crippen LogP contribution in [-0.4, -0.2) is 24.4 Å². The highest BCUT2D eigenvalue weighted by molar-refractivity contribution is 6.22. The largest absolute Gasteiger partial charge is 0.338 e. The number of fused-ring (bicyclic) bond motifs is 1. The Morgan fingerprint density at radius 1 is 0.958 bits per heavy atom. The zero-order valence-electron chi connectivity index (χ0n) is 13.0. The Bertz CT molecular complexity index is 787. The van der Waals surface area contributed by atoms with Gasteiger partial charge in [0, 0.05) is 12.2 Å². The van der Waals surface area contributed by atoms with Crippen LogP contribution in [-0.2, 0) is 6.42 Å². The molecular weight excluding hydrogens is 306 g/mol. The van der Waals surface area contributed by atoms with E-state index in [4.69, 9.17) is 0 Å². The maximum absolute atomic E-state index is 11.9. The summed E-state index contributed by atoms with van der Waals surface area (Å²) in [5.41, 5.74) is 2.31. The molecule has 0 atom stereocenters. The molecular formula is C18H17N3O3. The molecule has 6 nitrogen and oxygen atoms in total. The molecule has 122 valence electrons. The zero-order valence-corrected chi connectivity index (χ0v) is 13.0. The van der Waals surface area contributed by atoms with Gasteiger partial charge in [-0.3, -0.25) is 14.9 Å². The average Bonchev–Trinajstić information content (AvgIpc) is 2.87. The normalized spacial score (nSPS) is 12.5. The number of urea groups is 1. The van der Waals surface area contributed by atoms with Crippen LogP contribution in [0.2, 0.25) is 0 Å². The van der Waals surface area contributed by atoms with Crippen LogP contribution >= 0.6 is 0 Å². The Balaban J connectivity index is 1.48. The molecule has 2 aromatic carbocycles. The maximum Gasteiger partial charge on any atom is 0.319 e. The van der Waals surface area contributed by atoms with Crippen LogP contribution in [0.3, 0.4) is 0 Å². The van der Waals surface area contributed by atoms with E-state index < -0.39 is 11.8 Å². The van der Waals surface area contributed by atoms with E-state index in [9.17, 15) is 14.4 Å². The third-order valence-corrected chi connectivity index (χ3v) is 3.76. The van der Waals surface area contributed by atoms with Gasteiger partial charge < -0.3 is 10.6 Å². The van der Waals surface area contributed by atoms with Crippen molar-refractivity contribution >= 4 is 23.5 Å². The van der Waals surface area contributed by atoms with Crippen LogP contribution in [0, 0.1) is 0 Å². The molecule has 1 aliphatic rings. The molecule has 2 aromatic rings. The number of nitrogens with one attached hydrogen (secondary N) is 3. The smallest absolute Gasteiger partial charge is 0.319 e. The highest BCUT2D eigenvalue weighted by Gasteiger charge is 2.26. The molecule has 0 saturated carbocycles. The topological polar surface area (TPSA) is 87.3 Å². The summed E-state index contributed by atoms with van der Waals surface area (Å²) in [6.45, 7) is 0.546. The van der Waals surface area contributed by atoms with Crippen molar-refractivity contribution in [3.8, 4) is 0 Å².